The van der Waals surface area contributed by atoms with E-state index in [1.807, 2.05) is 0 Å². The molecule has 1 unspecified atom stereocenters. The second kappa shape index (κ2) is 7.64. The predicted octanol–water partition coefficient (Wildman–Crippen LogP) is 2.86. The molecule has 1 atom stereocenters. The summed E-state index contributed by atoms with van der Waals surface area (Å²) in [6.07, 6.45) is -1.08. The largest absolute Gasteiger partial charge is 0.491 e. The number of hydrogen-bond donors (Lipinski definition) is 2. The number of hydrogen-bond acceptors (Lipinski definition) is 5. The van der Waals surface area contributed by atoms with Gasteiger partial charge in [-0.3, -0.25) is 10.1 Å². The molecule has 2 aromatic rings. The summed E-state index contributed by atoms with van der Waals surface area (Å²) in [6.45, 7) is -0.356. The normalized spacial score (nSPS) is 11.8. The number of nitrogens with zero attached hydrogens (tertiary/aromatic N) is 1. The van der Waals surface area contributed by atoms with Gasteiger partial charge in [0.2, 0.25) is 0 Å². The highest BCUT2D eigenvalue weighted by Gasteiger charge is 2.12. The molecule has 0 aliphatic rings. The Morgan fingerprint density at radius 1 is 1.12 bits per heavy atom. The van der Waals surface area contributed by atoms with Gasteiger partial charge in [-0.05, 0) is 18.2 Å². The summed E-state index contributed by atoms with van der Waals surface area (Å²) in [7, 11) is 0. The third kappa shape index (κ3) is 4.59. The SMILES string of the molecule is O=[N+]([O-])c1ccc(NCC(O)COc2ccc(F)c(F)c2)c(F)c1. The minimum absolute atomic E-state index is 0.0209. The quantitative estimate of drug-likeness (QED) is 0.597. The Balaban J connectivity index is 1.85. The Bertz CT molecular complexity index is 743. The number of benzene rings is 2. The molecule has 2 N–H and O–H groups in total. The molecule has 0 aliphatic heterocycles. The van der Waals surface area contributed by atoms with Crippen molar-refractivity contribution in [1.29, 1.82) is 0 Å². The molecule has 0 radical (unpaired) electrons. The standard InChI is InChI=1S/C15H13F3N2O4/c16-12-3-2-11(6-13(12)17)24-8-10(21)7-19-15-4-1-9(20(22)23)5-14(15)18/h1-6,10,19,21H,7-8H2. The fraction of sp³-hybridized carbons (Fsp3) is 0.200. The van der Waals surface area contributed by atoms with Crippen LogP contribution in [-0.4, -0.2) is 29.3 Å². The maximum atomic E-state index is 13.6. The Morgan fingerprint density at radius 3 is 2.50 bits per heavy atom. The smallest absolute Gasteiger partial charge is 0.272 e. The molecule has 128 valence electrons. The van der Waals surface area contributed by atoms with E-state index < -0.39 is 28.5 Å². The number of non-ortho nitro benzene ring substituents is 1. The van der Waals surface area contributed by atoms with Crippen LogP contribution in [0.2, 0.25) is 0 Å². The van der Waals surface area contributed by atoms with Gasteiger partial charge < -0.3 is 15.2 Å². The van der Waals surface area contributed by atoms with Crippen LogP contribution in [-0.2, 0) is 0 Å². The molecule has 6 nitrogen and oxygen atoms in total. The van der Waals surface area contributed by atoms with Crippen molar-refractivity contribution in [2.75, 3.05) is 18.5 Å². The number of halogens is 3. The lowest BCUT2D eigenvalue weighted by molar-refractivity contribution is -0.385. The summed E-state index contributed by atoms with van der Waals surface area (Å²) < 4.78 is 44.5. The first kappa shape index (κ1) is 17.5. The van der Waals surface area contributed by atoms with Crippen molar-refractivity contribution in [3.63, 3.8) is 0 Å². The first-order valence-corrected chi connectivity index (χ1v) is 6.80. The number of anilines is 1. The monoisotopic (exact) mass is 342 g/mol. The zero-order chi connectivity index (χ0) is 17.7. The van der Waals surface area contributed by atoms with Gasteiger partial charge in [-0.25, -0.2) is 13.2 Å². The number of nitro benzene ring substituents is 1. The first-order valence-electron chi connectivity index (χ1n) is 6.80. The molecule has 2 aromatic carbocycles. The Labute approximate surface area is 134 Å². The fourth-order valence-corrected chi connectivity index (χ4v) is 1.81. The maximum absolute atomic E-state index is 13.6. The topological polar surface area (TPSA) is 84.6 Å². The summed E-state index contributed by atoms with van der Waals surface area (Å²) in [5.41, 5.74) is -0.409. The number of aliphatic hydroxyl groups excluding tert-OH is 1. The minimum Gasteiger partial charge on any atom is -0.491 e. The van der Waals surface area contributed by atoms with Crippen molar-refractivity contribution in [3.8, 4) is 5.75 Å². The molecule has 0 spiro atoms. The highest BCUT2D eigenvalue weighted by molar-refractivity contribution is 5.50. The van der Waals surface area contributed by atoms with Crippen LogP contribution >= 0.6 is 0 Å². The van der Waals surface area contributed by atoms with E-state index in [1.54, 1.807) is 0 Å². The highest BCUT2D eigenvalue weighted by Crippen LogP contribution is 2.20. The lowest BCUT2D eigenvalue weighted by atomic mass is 10.2. The zero-order valence-electron chi connectivity index (χ0n) is 12.2. The van der Waals surface area contributed by atoms with Crippen molar-refractivity contribution in [2.45, 2.75) is 6.10 Å². The lowest BCUT2D eigenvalue weighted by Crippen LogP contribution is -2.26. The molecule has 0 amide bonds. The minimum atomic E-state index is -1.08. The average Bonchev–Trinajstić information content (AvgIpc) is 2.54. The Hall–Kier alpha value is -2.81. The van der Waals surface area contributed by atoms with Crippen LogP contribution in [0.5, 0.6) is 5.75 Å². The summed E-state index contributed by atoms with van der Waals surface area (Å²) in [6, 6.07) is 5.99. The van der Waals surface area contributed by atoms with Crippen molar-refractivity contribution in [2.24, 2.45) is 0 Å². The number of rotatable bonds is 7. The molecule has 0 fully saturated rings. The molecule has 9 heteroatoms. The van der Waals surface area contributed by atoms with Gasteiger partial charge in [0.25, 0.3) is 5.69 Å². The van der Waals surface area contributed by atoms with Gasteiger partial charge in [-0.1, -0.05) is 0 Å². The molecule has 0 heterocycles. The molecule has 24 heavy (non-hydrogen) atoms. The summed E-state index contributed by atoms with van der Waals surface area (Å²) in [4.78, 5) is 9.78. The molecular weight excluding hydrogens is 329 g/mol. The van der Waals surface area contributed by atoms with Gasteiger partial charge in [0, 0.05) is 18.7 Å². The highest BCUT2D eigenvalue weighted by atomic mass is 19.2. The van der Waals surface area contributed by atoms with Gasteiger partial charge in [0.15, 0.2) is 17.5 Å². The van der Waals surface area contributed by atoms with E-state index >= 15 is 0 Å². The van der Waals surface area contributed by atoms with E-state index in [9.17, 15) is 28.4 Å². The molecule has 2 rings (SSSR count). The van der Waals surface area contributed by atoms with Gasteiger partial charge in [-0.2, -0.15) is 0 Å². The van der Waals surface area contributed by atoms with E-state index in [0.29, 0.717) is 0 Å². The molecular formula is C15H13F3N2O4. The fourth-order valence-electron chi connectivity index (χ4n) is 1.81. The number of aliphatic hydroxyl groups is 1. The van der Waals surface area contributed by atoms with E-state index in [0.717, 1.165) is 24.3 Å². The Morgan fingerprint density at radius 2 is 1.88 bits per heavy atom. The predicted molar refractivity (Wildman–Crippen MR) is 79.4 cm³/mol. The van der Waals surface area contributed by atoms with Gasteiger partial charge >= 0.3 is 0 Å². The Kier molecular flexibility index (Phi) is 5.59. The van der Waals surface area contributed by atoms with Crippen molar-refractivity contribution in [1.82, 2.24) is 0 Å². The third-order valence-electron chi connectivity index (χ3n) is 3.03. The van der Waals surface area contributed by atoms with E-state index in [2.05, 4.69) is 5.32 Å². The number of nitro groups is 1. The van der Waals surface area contributed by atoms with Gasteiger partial charge in [0.1, 0.15) is 18.5 Å². The summed E-state index contributed by atoms with van der Waals surface area (Å²) >= 11 is 0. The van der Waals surface area contributed by atoms with Crippen LogP contribution in [0.1, 0.15) is 0 Å². The van der Waals surface area contributed by atoms with Crippen LogP contribution in [0.15, 0.2) is 36.4 Å². The molecule has 0 aromatic heterocycles. The molecule has 0 saturated heterocycles. The molecule has 0 bridgehead atoms. The van der Waals surface area contributed by atoms with Crippen LogP contribution in [0.25, 0.3) is 0 Å². The van der Waals surface area contributed by atoms with Crippen molar-refractivity contribution in [3.05, 3.63) is 64.0 Å². The van der Waals surface area contributed by atoms with E-state index in [-0.39, 0.29) is 30.3 Å². The van der Waals surface area contributed by atoms with E-state index in [1.165, 1.54) is 12.1 Å². The second-order valence-corrected chi connectivity index (χ2v) is 4.84. The second-order valence-electron chi connectivity index (χ2n) is 4.84. The summed E-state index contributed by atoms with van der Waals surface area (Å²) in [5, 5.41) is 22.8. The zero-order valence-corrected chi connectivity index (χ0v) is 12.2. The van der Waals surface area contributed by atoms with Crippen molar-refractivity contribution < 1.29 is 27.9 Å². The van der Waals surface area contributed by atoms with Crippen LogP contribution < -0.4 is 10.1 Å². The third-order valence-corrected chi connectivity index (χ3v) is 3.03. The van der Waals surface area contributed by atoms with Crippen LogP contribution in [0.4, 0.5) is 24.5 Å². The van der Waals surface area contributed by atoms with E-state index in [4.69, 9.17) is 4.74 Å². The van der Waals surface area contributed by atoms with Crippen LogP contribution in [0, 0.1) is 27.6 Å². The maximum Gasteiger partial charge on any atom is 0.272 e. The average molecular weight is 342 g/mol. The number of ether oxygens (including phenoxy) is 1. The first-order chi connectivity index (χ1) is 11.4. The van der Waals surface area contributed by atoms with Crippen LogP contribution in [0.3, 0.4) is 0 Å². The van der Waals surface area contributed by atoms with Gasteiger partial charge in [-0.15, -0.1) is 0 Å². The molecule has 0 saturated carbocycles. The number of nitrogens with one attached hydrogen (secondary N) is 1. The van der Waals surface area contributed by atoms with Crippen molar-refractivity contribution >= 4 is 11.4 Å². The molecule has 0 aliphatic carbocycles. The summed E-state index contributed by atoms with van der Waals surface area (Å²) in [5.74, 6) is -2.89. The lowest BCUT2D eigenvalue weighted by Gasteiger charge is -2.14. The van der Waals surface area contributed by atoms with Gasteiger partial charge in [0.05, 0.1) is 16.7 Å².